The van der Waals surface area contributed by atoms with Crippen LogP contribution in [0.4, 0.5) is 23.2 Å². The first-order chi connectivity index (χ1) is 18.9. The largest absolute Gasteiger partial charge is 0.416 e. The van der Waals surface area contributed by atoms with E-state index in [-0.39, 0.29) is 30.9 Å². The van der Waals surface area contributed by atoms with Crippen molar-refractivity contribution >= 4 is 23.8 Å². The molecule has 0 bridgehead atoms. The number of carbonyl (C=O) groups is 1. The molecular formula is C28H32F4N6O2. The Morgan fingerprint density at radius 2 is 1.88 bits per heavy atom. The summed E-state index contributed by atoms with van der Waals surface area (Å²) in [5, 5.41) is 15.5. The zero-order valence-electron chi connectivity index (χ0n) is 22.4. The Kier molecular flexibility index (Phi) is 7.45. The number of piperazine rings is 1. The molecule has 1 atom stereocenters. The topological polar surface area (TPSA) is 87.0 Å². The summed E-state index contributed by atoms with van der Waals surface area (Å²) in [6.45, 7) is 3.17. The Hall–Kier alpha value is -3.35. The highest BCUT2D eigenvalue weighted by Crippen LogP contribution is 2.42. The molecule has 2 fully saturated rings. The molecule has 0 saturated carbocycles. The van der Waals surface area contributed by atoms with Crippen LogP contribution in [-0.2, 0) is 29.4 Å². The molecule has 1 amide bonds. The number of nitrogens with one attached hydrogen (secondary N) is 2. The number of amidine groups is 1. The number of likely N-dealkylation sites (N-methyl/N-ethyl adjacent to an activating group) is 1. The molecule has 3 heterocycles. The van der Waals surface area contributed by atoms with Crippen molar-refractivity contribution in [3.8, 4) is 0 Å². The first-order valence-electron chi connectivity index (χ1n) is 13.0. The molecule has 2 saturated heterocycles. The third-order valence-corrected chi connectivity index (χ3v) is 8.16. The van der Waals surface area contributed by atoms with Crippen molar-refractivity contribution < 1.29 is 27.1 Å². The van der Waals surface area contributed by atoms with Gasteiger partial charge in [-0.05, 0) is 48.0 Å². The highest BCUT2D eigenvalue weighted by atomic mass is 19.4. The van der Waals surface area contributed by atoms with Crippen LogP contribution in [-0.4, -0.2) is 92.4 Å². The first kappa shape index (κ1) is 28.2. The van der Waals surface area contributed by atoms with Crippen LogP contribution >= 0.6 is 0 Å². The van der Waals surface area contributed by atoms with Crippen molar-refractivity contribution in [3.63, 3.8) is 0 Å². The van der Waals surface area contributed by atoms with E-state index in [4.69, 9.17) is 15.6 Å². The van der Waals surface area contributed by atoms with Gasteiger partial charge in [0.1, 0.15) is 5.84 Å². The minimum Gasteiger partial charge on any atom is -0.379 e. The van der Waals surface area contributed by atoms with E-state index in [1.54, 1.807) is 30.3 Å². The van der Waals surface area contributed by atoms with Gasteiger partial charge in [-0.15, -0.1) is 0 Å². The van der Waals surface area contributed by atoms with Crippen LogP contribution in [0.2, 0.25) is 0 Å². The van der Waals surface area contributed by atoms with Gasteiger partial charge in [0.25, 0.3) is 5.91 Å². The van der Waals surface area contributed by atoms with Crippen molar-refractivity contribution in [2.24, 2.45) is 0 Å². The van der Waals surface area contributed by atoms with Gasteiger partial charge >= 0.3 is 6.18 Å². The summed E-state index contributed by atoms with van der Waals surface area (Å²) in [6.07, 6.45) is -5.57. The highest BCUT2D eigenvalue weighted by Gasteiger charge is 2.51. The molecule has 0 radical (unpaired) electrons. The molecule has 1 unspecified atom stereocenters. The molecule has 5 rings (SSSR count). The number of hydrogen-bond donors (Lipinski definition) is 2. The number of carbonyl (C=O) groups excluding carboxylic acids is 1. The molecule has 2 aromatic rings. The second-order valence-corrected chi connectivity index (χ2v) is 10.8. The third kappa shape index (κ3) is 4.99. The van der Waals surface area contributed by atoms with Crippen LogP contribution in [0, 0.1) is 10.8 Å². The molecular weight excluding hydrogens is 528 g/mol. The fourth-order valence-corrected chi connectivity index (χ4v) is 5.56. The third-order valence-electron chi connectivity index (χ3n) is 8.16. The smallest absolute Gasteiger partial charge is 0.379 e. The Labute approximate surface area is 230 Å². The van der Waals surface area contributed by atoms with Crippen LogP contribution in [0.15, 0.2) is 36.4 Å². The minimum atomic E-state index is -4.63. The molecule has 12 heteroatoms. The molecule has 3 aliphatic rings. The predicted molar refractivity (Wildman–Crippen MR) is 143 cm³/mol. The Balaban J connectivity index is 1.46. The number of rotatable bonds is 7. The van der Waals surface area contributed by atoms with Gasteiger partial charge in [0.2, 0.25) is 0 Å². The standard InChI is InChI=1S/C28H32F4N6O2/c1-35-6-8-37(9-7-35)13-18-10-21-22(23(11-18)28(30,31)32)14-38(26(21)39)20-5-3-4-19(12-20)27(15-40-16-27)24(29)25(34)36(2)17-33/h3-5,10-12,17,24,33-34H,6-9,13-16H2,1-2H3. The molecule has 2 aromatic carbocycles. The van der Waals surface area contributed by atoms with E-state index in [1.807, 2.05) is 7.05 Å². The van der Waals surface area contributed by atoms with Gasteiger partial charge < -0.3 is 19.4 Å². The molecule has 0 aromatic heterocycles. The maximum Gasteiger partial charge on any atom is 0.416 e. The zero-order valence-corrected chi connectivity index (χ0v) is 22.4. The number of fused-ring (bicyclic) bond motifs is 1. The normalized spacial score (nSPS) is 20.1. The van der Waals surface area contributed by atoms with Crippen molar-refractivity contribution in [2.45, 2.75) is 30.9 Å². The lowest BCUT2D eigenvalue weighted by Crippen LogP contribution is -2.58. The van der Waals surface area contributed by atoms with Crippen molar-refractivity contribution in [1.82, 2.24) is 14.7 Å². The molecule has 2 N–H and O–H groups in total. The predicted octanol–water partition coefficient (Wildman–Crippen LogP) is 3.74. The van der Waals surface area contributed by atoms with Gasteiger partial charge in [0.15, 0.2) is 6.17 Å². The van der Waals surface area contributed by atoms with Crippen molar-refractivity contribution in [3.05, 3.63) is 64.2 Å². The van der Waals surface area contributed by atoms with Crippen LogP contribution in [0.5, 0.6) is 0 Å². The number of ether oxygens (including phenoxy) is 1. The zero-order chi connectivity index (χ0) is 28.8. The fourth-order valence-electron chi connectivity index (χ4n) is 5.56. The molecule has 40 heavy (non-hydrogen) atoms. The summed E-state index contributed by atoms with van der Waals surface area (Å²) >= 11 is 0. The molecule has 3 aliphatic heterocycles. The molecule has 214 valence electrons. The number of hydrogen-bond acceptors (Lipinski definition) is 6. The summed E-state index contributed by atoms with van der Waals surface area (Å²) in [7, 11) is 3.41. The fraction of sp³-hybridized carbons (Fsp3) is 0.464. The second-order valence-electron chi connectivity index (χ2n) is 10.8. The summed E-state index contributed by atoms with van der Waals surface area (Å²) in [5.74, 6) is -0.944. The summed E-state index contributed by atoms with van der Waals surface area (Å²) in [5.41, 5.74) is -0.781. The van der Waals surface area contributed by atoms with E-state index >= 15 is 4.39 Å². The number of amides is 1. The summed E-state index contributed by atoms with van der Waals surface area (Å²) in [4.78, 5) is 20.2. The number of halogens is 4. The molecule has 0 aliphatic carbocycles. The van der Waals surface area contributed by atoms with E-state index in [2.05, 4.69) is 9.80 Å². The SMILES string of the molecule is CN1CCN(Cc2cc3c(c(C(F)(F)F)c2)CN(c2cccc(C4(C(F)C(=N)N(C)C=N)COC4)c2)C3=O)CC1. The number of anilines is 1. The van der Waals surface area contributed by atoms with Crippen LogP contribution in [0.25, 0.3) is 0 Å². The summed E-state index contributed by atoms with van der Waals surface area (Å²) in [6, 6.07) is 9.23. The number of benzene rings is 2. The second kappa shape index (κ2) is 10.6. The van der Waals surface area contributed by atoms with Crippen LogP contribution < -0.4 is 4.90 Å². The first-order valence-corrected chi connectivity index (χ1v) is 13.0. The summed E-state index contributed by atoms with van der Waals surface area (Å²) < 4.78 is 63.5. The quantitative estimate of drug-likeness (QED) is 0.306. The lowest BCUT2D eigenvalue weighted by Gasteiger charge is -2.45. The van der Waals surface area contributed by atoms with Gasteiger partial charge in [-0.25, -0.2) is 4.39 Å². The van der Waals surface area contributed by atoms with E-state index in [9.17, 15) is 18.0 Å². The molecule has 8 nitrogen and oxygen atoms in total. The van der Waals surface area contributed by atoms with Gasteiger partial charge in [-0.3, -0.25) is 20.5 Å². The van der Waals surface area contributed by atoms with Gasteiger partial charge in [0.05, 0.1) is 37.1 Å². The Bertz CT molecular complexity index is 1320. The molecule has 0 spiro atoms. The van der Waals surface area contributed by atoms with Gasteiger partial charge in [-0.2, -0.15) is 13.2 Å². The lowest BCUT2D eigenvalue weighted by molar-refractivity contribution is -0.138. The van der Waals surface area contributed by atoms with Crippen molar-refractivity contribution in [1.29, 1.82) is 10.8 Å². The average molecular weight is 561 g/mol. The number of nitrogens with zero attached hydrogens (tertiary/aromatic N) is 4. The van der Waals surface area contributed by atoms with E-state index in [0.29, 0.717) is 23.4 Å². The Morgan fingerprint density at radius 1 is 1.18 bits per heavy atom. The van der Waals surface area contributed by atoms with E-state index in [0.717, 1.165) is 43.5 Å². The van der Waals surface area contributed by atoms with Crippen LogP contribution in [0.1, 0.15) is 32.6 Å². The highest BCUT2D eigenvalue weighted by molar-refractivity contribution is 6.10. The van der Waals surface area contributed by atoms with E-state index in [1.165, 1.54) is 11.9 Å². The van der Waals surface area contributed by atoms with Crippen LogP contribution in [0.3, 0.4) is 0 Å². The van der Waals surface area contributed by atoms with Gasteiger partial charge in [0, 0.05) is 51.0 Å². The van der Waals surface area contributed by atoms with Crippen molar-refractivity contribution in [2.75, 3.05) is 58.4 Å². The maximum absolute atomic E-state index is 15.6. The van der Waals surface area contributed by atoms with E-state index < -0.39 is 35.1 Å². The number of alkyl halides is 4. The maximum atomic E-state index is 15.6. The Morgan fingerprint density at radius 3 is 2.48 bits per heavy atom. The average Bonchev–Trinajstić information content (AvgIpc) is 3.23. The van der Waals surface area contributed by atoms with Gasteiger partial charge in [-0.1, -0.05) is 12.1 Å². The minimum absolute atomic E-state index is 0.00607. The lowest BCUT2D eigenvalue weighted by atomic mass is 9.73. The monoisotopic (exact) mass is 560 g/mol.